The van der Waals surface area contributed by atoms with Crippen molar-refractivity contribution in [3.05, 3.63) is 34.9 Å². The third-order valence-corrected chi connectivity index (χ3v) is 8.73. The Balaban J connectivity index is 1.12. The number of likely N-dealkylation sites (tertiary alicyclic amines) is 1. The van der Waals surface area contributed by atoms with E-state index in [1.54, 1.807) is 0 Å². The summed E-state index contributed by atoms with van der Waals surface area (Å²) in [6.45, 7) is 9.01. The molecule has 6 rings (SSSR count). The SMILES string of the molecule is OCCCN1CCN(c2ccc(-c3nc4c(NC5CCN(CC6CC6)CC5)c(Br)cnc4[nH]3)cc2)CC1. The minimum absolute atomic E-state index is 0.271. The molecule has 9 heteroatoms. The third kappa shape index (κ3) is 5.95. The van der Waals surface area contributed by atoms with Gasteiger partial charge in [0.1, 0.15) is 11.3 Å². The summed E-state index contributed by atoms with van der Waals surface area (Å²) < 4.78 is 0.965. The van der Waals surface area contributed by atoms with Gasteiger partial charge in [-0.2, -0.15) is 0 Å². The first kappa shape index (κ1) is 25.1. The van der Waals surface area contributed by atoms with E-state index < -0.39 is 0 Å². The van der Waals surface area contributed by atoms with Crippen molar-refractivity contribution in [2.75, 3.05) is 69.2 Å². The largest absolute Gasteiger partial charge is 0.396 e. The van der Waals surface area contributed by atoms with Gasteiger partial charge in [-0.1, -0.05) is 0 Å². The van der Waals surface area contributed by atoms with E-state index in [-0.39, 0.29) is 6.61 Å². The van der Waals surface area contributed by atoms with Crippen molar-refractivity contribution in [2.45, 2.75) is 38.1 Å². The zero-order chi connectivity index (χ0) is 25.2. The number of halogens is 1. The summed E-state index contributed by atoms with van der Waals surface area (Å²) in [7, 11) is 0. The van der Waals surface area contributed by atoms with Gasteiger partial charge in [0.05, 0.1) is 10.2 Å². The zero-order valence-electron chi connectivity index (χ0n) is 21.5. The number of aromatic nitrogens is 3. The van der Waals surface area contributed by atoms with Gasteiger partial charge in [-0.05, 0) is 78.2 Å². The molecule has 0 unspecified atom stereocenters. The van der Waals surface area contributed by atoms with E-state index in [1.807, 2.05) is 6.20 Å². The molecule has 0 amide bonds. The highest BCUT2D eigenvalue weighted by atomic mass is 79.9. The number of imidazole rings is 1. The molecule has 1 aromatic carbocycles. The summed E-state index contributed by atoms with van der Waals surface area (Å²) >= 11 is 3.72. The van der Waals surface area contributed by atoms with Gasteiger partial charge >= 0.3 is 0 Å². The lowest BCUT2D eigenvalue weighted by Crippen LogP contribution is -2.46. The van der Waals surface area contributed by atoms with E-state index in [2.05, 4.69) is 70.2 Å². The lowest BCUT2D eigenvalue weighted by Gasteiger charge is -2.36. The quantitative estimate of drug-likeness (QED) is 0.357. The lowest BCUT2D eigenvalue weighted by atomic mass is 10.0. The molecule has 1 aliphatic carbocycles. The molecule has 3 aromatic rings. The van der Waals surface area contributed by atoms with Crippen LogP contribution in [0.2, 0.25) is 0 Å². The minimum Gasteiger partial charge on any atom is -0.396 e. The number of aromatic amines is 1. The second-order valence-corrected chi connectivity index (χ2v) is 11.7. The summed E-state index contributed by atoms with van der Waals surface area (Å²) in [4.78, 5) is 20.6. The molecule has 37 heavy (non-hydrogen) atoms. The maximum atomic E-state index is 9.07. The predicted octanol–water partition coefficient (Wildman–Crippen LogP) is 4.18. The Hall–Kier alpha value is -2.20. The Labute approximate surface area is 227 Å². The van der Waals surface area contributed by atoms with Gasteiger partial charge in [-0.25, -0.2) is 9.97 Å². The number of piperazine rings is 1. The first-order valence-electron chi connectivity index (χ1n) is 13.9. The van der Waals surface area contributed by atoms with Gasteiger partial charge in [-0.15, -0.1) is 0 Å². The Morgan fingerprint density at radius 2 is 1.73 bits per heavy atom. The highest BCUT2D eigenvalue weighted by molar-refractivity contribution is 9.10. The van der Waals surface area contributed by atoms with E-state index >= 15 is 0 Å². The van der Waals surface area contributed by atoms with Crippen LogP contribution in [-0.2, 0) is 0 Å². The number of piperidine rings is 1. The average molecular weight is 569 g/mol. The smallest absolute Gasteiger partial charge is 0.159 e. The molecular formula is C28H38BrN7O. The lowest BCUT2D eigenvalue weighted by molar-refractivity contribution is 0.211. The summed E-state index contributed by atoms with van der Waals surface area (Å²) in [6.07, 6.45) is 7.91. The Morgan fingerprint density at radius 1 is 0.973 bits per heavy atom. The Bertz CT molecular complexity index is 1180. The van der Waals surface area contributed by atoms with Crippen LogP contribution in [0.1, 0.15) is 32.1 Å². The van der Waals surface area contributed by atoms with Gasteiger partial charge in [0, 0.05) is 82.5 Å². The molecule has 0 radical (unpaired) electrons. The van der Waals surface area contributed by atoms with Crippen LogP contribution in [0.3, 0.4) is 0 Å². The van der Waals surface area contributed by atoms with E-state index in [0.29, 0.717) is 6.04 Å². The normalized spacial score (nSPS) is 20.1. The second-order valence-electron chi connectivity index (χ2n) is 10.9. The fourth-order valence-electron chi connectivity index (χ4n) is 5.69. The topological polar surface area (TPSA) is 83.6 Å². The molecule has 0 spiro atoms. The number of aliphatic hydroxyl groups excluding tert-OH is 1. The van der Waals surface area contributed by atoms with Crippen molar-refractivity contribution >= 4 is 38.5 Å². The number of pyridine rings is 1. The van der Waals surface area contributed by atoms with E-state index in [0.717, 1.165) is 90.6 Å². The number of rotatable bonds is 9. The van der Waals surface area contributed by atoms with Gasteiger partial charge in [0.2, 0.25) is 0 Å². The van der Waals surface area contributed by atoms with Crippen LogP contribution >= 0.6 is 15.9 Å². The van der Waals surface area contributed by atoms with Gasteiger partial charge in [0.15, 0.2) is 5.65 Å². The van der Waals surface area contributed by atoms with Crippen LogP contribution in [0.25, 0.3) is 22.6 Å². The number of fused-ring (bicyclic) bond motifs is 1. The number of H-pyrrole nitrogens is 1. The Kier molecular flexibility index (Phi) is 7.65. The van der Waals surface area contributed by atoms with Gasteiger partial charge < -0.3 is 25.2 Å². The van der Waals surface area contributed by atoms with E-state index in [1.165, 1.54) is 38.2 Å². The molecule has 198 valence electrons. The molecule has 0 bridgehead atoms. The summed E-state index contributed by atoms with van der Waals surface area (Å²) in [5, 5.41) is 12.9. The van der Waals surface area contributed by atoms with Crippen molar-refractivity contribution in [3.63, 3.8) is 0 Å². The van der Waals surface area contributed by atoms with Crippen LogP contribution in [0.15, 0.2) is 34.9 Å². The zero-order valence-corrected chi connectivity index (χ0v) is 23.1. The van der Waals surface area contributed by atoms with Crippen LogP contribution in [0, 0.1) is 5.92 Å². The first-order valence-corrected chi connectivity index (χ1v) is 14.7. The number of benzene rings is 1. The van der Waals surface area contributed by atoms with E-state index in [9.17, 15) is 0 Å². The third-order valence-electron chi connectivity index (χ3n) is 8.13. The molecular weight excluding hydrogens is 530 g/mol. The number of hydrogen-bond acceptors (Lipinski definition) is 7. The molecule has 1 saturated carbocycles. The maximum absolute atomic E-state index is 9.07. The maximum Gasteiger partial charge on any atom is 0.159 e. The molecule has 2 saturated heterocycles. The van der Waals surface area contributed by atoms with Crippen molar-refractivity contribution in [3.8, 4) is 11.4 Å². The molecule has 4 heterocycles. The fraction of sp³-hybridized carbons (Fsp3) is 0.571. The molecule has 0 atom stereocenters. The highest BCUT2D eigenvalue weighted by Crippen LogP contribution is 2.34. The number of anilines is 2. The summed E-state index contributed by atoms with van der Waals surface area (Å²) in [6, 6.07) is 9.17. The van der Waals surface area contributed by atoms with Crippen LogP contribution in [-0.4, -0.2) is 94.9 Å². The number of hydrogen-bond donors (Lipinski definition) is 3. The highest BCUT2D eigenvalue weighted by Gasteiger charge is 2.27. The van der Waals surface area contributed by atoms with Crippen molar-refractivity contribution in [2.24, 2.45) is 5.92 Å². The monoisotopic (exact) mass is 567 g/mol. The second kappa shape index (κ2) is 11.3. The number of aliphatic hydroxyl groups is 1. The predicted molar refractivity (Wildman–Crippen MR) is 153 cm³/mol. The number of nitrogens with zero attached hydrogens (tertiary/aromatic N) is 5. The van der Waals surface area contributed by atoms with Gasteiger partial charge in [-0.3, -0.25) is 4.90 Å². The first-order chi connectivity index (χ1) is 18.2. The fourth-order valence-corrected chi connectivity index (χ4v) is 6.09. The number of nitrogens with one attached hydrogen (secondary N) is 2. The summed E-state index contributed by atoms with van der Waals surface area (Å²) in [5.74, 6) is 1.81. The van der Waals surface area contributed by atoms with Crippen LogP contribution in [0.5, 0.6) is 0 Å². The van der Waals surface area contributed by atoms with Crippen LogP contribution < -0.4 is 10.2 Å². The molecule has 3 fully saturated rings. The van der Waals surface area contributed by atoms with Crippen molar-refractivity contribution in [1.29, 1.82) is 0 Å². The molecule has 2 aromatic heterocycles. The molecule has 3 N–H and O–H groups in total. The average Bonchev–Trinajstić information content (AvgIpc) is 3.65. The van der Waals surface area contributed by atoms with Crippen molar-refractivity contribution < 1.29 is 5.11 Å². The van der Waals surface area contributed by atoms with Crippen LogP contribution in [0.4, 0.5) is 11.4 Å². The minimum atomic E-state index is 0.271. The van der Waals surface area contributed by atoms with E-state index in [4.69, 9.17) is 10.1 Å². The molecule has 3 aliphatic rings. The molecule has 8 nitrogen and oxygen atoms in total. The Morgan fingerprint density at radius 3 is 2.43 bits per heavy atom. The van der Waals surface area contributed by atoms with Gasteiger partial charge in [0.25, 0.3) is 0 Å². The molecule has 2 aliphatic heterocycles. The van der Waals surface area contributed by atoms with Crippen molar-refractivity contribution in [1.82, 2.24) is 24.8 Å². The standard InChI is InChI=1S/C28H38BrN7O/c29-24-18-30-28-26(25(24)31-22-8-11-35(12-9-22)19-20-2-3-20)32-27(33-28)21-4-6-23(7-5-21)36-15-13-34(14-16-36)10-1-17-37/h4-7,18,20,22,37H,1-3,8-17,19H2,(H2,30,31,32,33). The summed E-state index contributed by atoms with van der Waals surface area (Å²) in [5.41, 5.74) is 5.07.